The molecule has 20 heavy (non-hydrogen) atoms. The number of hydrogen-bond donors (Lipinski definition) is 2. The van der Waals surface area contributed by atoms with Gasteiger partial charge in [-0.1, -0.05) is 15.9 Å². The van der Waals surface area contributed by atoms with E-state index in [0.717, 1.165) is 10.2 Å². The highest BCUT2D eigenvalue weighted by Crippen LogP contribution is 2.20. The van der Waals surface area contributed by atoms with Gasteiger partial charge in [-0.3, -0.25) is 4.79 Å². The number of pyridine rings is 1. The van der Waals surface area contributed by atoms with Crippen molar-refractivity contribution >= 4 is 33.2 Å². The molecule has 1 amide bonds. The lowest BCUT2D eigenvalue weighted by atomic mass is 10.2. The largest absolute Gasteiger partial charge is 0.387 e. The van der Waals surface area contributed by atoms with Crippen molar-refractivity contribution in [1.29, 1.82) is 5.26 Å². The van der Waals surface area contributed by atoms with Gasteiger partial charge in [0.15, 0.2) is 0 Å². The smallest absolute Gasteiger partial charge is 0.274 e. The fraction of sp³-hybridized carbons (Fsp3) is 0.0714. The zero-order valence-corrected chi connectivity index (χ0v) is 12.2. The maximum Gasteiger partial charge on any atom is 0.274 e. The fourth-order valence-electron chi connectivity index (χ4n) is 1.58. The van der Waals surface area contributed by atoms with Gasteiger partial charge in [0, 0.05) is 11.5 Å². The molecule has 0 aliphatic rings. The van der Waals surface area contributed by atoms with E-state index in [1.165, 1.54) is 0 Å². The number of benzene rings is 1. The fourth-order valence-corrected chi connectivity index (χ4v) is 1.94. The zero-order chi connectivity index (χ0) is 14.5. The lowest BCUT2D eigenvalue weighted by Crippen LogP contribution is -2.14. The molecule has 2 rings (SSSR count). The minimum absolute atomic E-state index is 0.288. The molecule has 0 radical (unpaired) electrons. The van der Waals surface area contributed by atoms with E-state index in [0.29, 0.717) is 11.3 Å². The van der Waals surface area contributed by atoms with Crippen molar-refractivity contribution in [2.24, 2.45) is 0 Å². The summed E-state index contributed by atoms with van der Waals surface area (Å²) in [6.07, 6.45) is 1.57. The molecule has 0 fully saturated rings. The van der Waals surface area contributed by atoms with Crippen LogP contribution in [-0.2, 0) is 0 Å². The molecule has 0 unspecified atom stereocenters. The molecule has 0 aliphatic heterocycles. The standard InChI is InChI=1S/C14H11BrN4O/c1-17-11-3-5-13(18-8-11)14(20)19-12-4-2-10(15)6-9(12)7-16/h2-6,8,17H,1H3,(H,19,20). The number of aromatic nitrogens is 1. The molecule has 0 spiro atoms. The molecule has 2 N–H and O–H groups in total. The third kappa shape index (κ3) is 3.13. The van der Waals surface area contributed by atoms with Gasteiger partial charge < -0.3 is 10.6 Å². The van der Waals surface area contributed by atoms with E-state index in [9.17, 15) is 4.79 Å². The Kier molecular flexibility index (Phi) is 4.33. The molecule has 0 saturated carbocycles. The number of nitrogens with one attached hydrogen (secondary N) is 2. The number of nitrogens with zero attached hydrogens (tertiary/aromatic N) is 2. The Labute approximate surface area is 124 Å². The summed E-state index contributed by atoms with van der Waals surface area (Å²) in [6, 6.07) is 10.5. The maximum absolute atomic E-state index is 12.1. The van der Waals surface area contributed by atoms with Gasteiger partial charge in [-0.05, 0) is 30.3 Å². The van der Waals surface area contributed by atoms with E-state index in [1.807, 2.05) is 6.07 Å². The predicted molar refractivity (Wildman–Crippen MR) is 80.6 cm³/mol. The van der Waals surface area contributed by atoms with Crippen molar-refractivity contribution in [1.82, 2.24) is 4.98 Å². The molecule has 0 aliphatic carbocycles. The average molecular weight is 331 g/mol. The van der Waals surface area contributed by atoms with Crippen molar-refractivity contribution < 1.29 is 4.79 Å². The molecule has 6 heteroatoms. The molecule has 0 bridgehead atoms. The third-order valence-corrected chi connectivity index (χ3v) is 3.13. The Bertz CT molecular complexity index is 677. The van der Waals surface area contributed by atoms with Gasteiger partial charge in [0.2, 0.25) is 0 Å². The van der Waals surface area contributed by atoms with E-state index in [1.54, 1.807) is 43.6 Å². The SMILES string of the molecule is CNc1ccc(C(=O)Nc2ccc(Br)cc2C#N)nc1. The number of nitriles is 1. The summed E-state index contributed by atoms with van der Waals surface area (Å²) < 4.78 is 0.781. The highest BCUT2D eigenvalue weighted by molar-refractivity contribution is 9.10. The number of carbonyl (C=O) groups is 1. The molecule has 100 valence electrons. The van der Waals surface area contributed by atoms with Crippen LogP contribution in [0.3, 0.4) is 0 Å². The van der Waals surface area contributed by atoms with Crippen LogP contribution in [0.1, 0.15) is 16.1 Å². The van der Waals surface area contributed by atoms with Crippen LogP contribution in [0.2, 0.25) is 0 Å². The summed E-state index contributed by atoms with van der Waals surface area (Å²) in [5.74, 6) is -0.355. The second kappa shape index (κ2) is 6.17. The topological polar surface area (TPSA) is 77.8 Å². The first-order valence-electron chi connectivity index (χ1n) is 5.79. The van der Waals surface area contributed by atoms with Gasteiger partial charge in [-0.25, -0.2) is 4.98 Å². The monoisotopic (exact) mass is 330 g/mol. The Balaban J connectivity index is 2.21. The van der Waals surface area contributed by atoms with Crippen molar-refractivity contribution in [3.63, 3.8) is 0 Å². The van der Waals surface area contributed by atoms with Crippen LogP contribution < -0.4 is 10.6 Å². The van der Waals surface area contributed by atoms with Crippen LogP contribution in [-0.4, -0.2) is 17.9 Å². The number of hydrogen-bond acceptors (Lipinski definition) is 4. The second-order valence-corrected chi connectivity index (χ2v) is 4.85. The Morgan fingerprint density at radius 1 is 1.35 bits per heavy atom. The first kappa shape index (κ1) is 14.0. The third-order valence-electron chi connectivity index (χ3n) is 2.64. The van der Waals surface area contributed by atoms with Gasteiger partial charge >= 0.3 is 0 Å². The van der Waals surface area contributed by atoms with E-state index in [-0.39, 0.29) is 11.6 Å². The number of amides is 1. The minimum Gasteiger partial charge on any atom is -0.387 e. The van der Waals surface area contributed by atoms with Crippen LogP contribution in [0.5, 0.6) is 0 Å². The Morgan fingerprint density at radius 2 is 2.15 bits per heavy atom. The average Bonchev–Trinajstić information content (AvgIpc) is 2.49. The van der Waals surface area contributed by atoms with E-state index < -0.39 is 0 Å². The number of rotatable bonds is 3. The molecule has 1 aromatic carbocycles. The first-order valence-corrected chi connectivity index (χ1v) is 6.58. The first-order chi connectivity index (χ1) is 9.63. The Hall–Kier alpha value is -2.39. The molecule has 2 aromatic rings. The van der Waals surface area contributed by atoms with Gasteiger partial charge in [0.25, 0.3) is 5.91 Å². The highest BCUT2D eigenvalue weighted by atomic mass is 79.9. The number of carbonyl (C=O) groups excluding carboxylic acids is 1. The molecule has 0 saturated heterocycles. The summed E-state index contributed by atoms with van der Waals surface area (Å²) in [5.41, 5.74) is 1.96. The summed E-state index contributed by atoms with van der Waals surface area (Å²) in [6.45, 7) is 0. The normalized spacial score (nSPS) is 9.65. The molecule has 1 aromatic heterocycles. The van der Waals surface area contributed by atoms with Crippen molar-refractivity contribution in [3.8, 4) is 6.07 Å². The molecular weight excluding hydrogens is 320 g/mol. The molecular formula is C14H11BrN4O. The highest BCUT2D eigenvalue weighted by Gasteiger charge is 2.10. The van der Waals surface area contributed by atoms with Crippen LogP contribution in [0.4, 0.5) is 11.4 Å². The summed E-state index contributed by atoms with van der Waals surface area (Å²) >= 11 is 3.28. The lowest BCUT2D eigenvalue weighted by Gasteiger charge is -2.07. The van der Waals surface area contributed by atoms with Crippen LogP contribution in [0.15, 0.2) is 41.0 Å². The maximum atomic E-state index is 12.1. The van der Waals surface area contributed by atoms with Gasteiger partial charge in [-0.15, -0.1) is 0 Å². The number of anilines is 2. The van der Waals surface area contributed by atoms with Crippen LogP contribution in [0.25, 0.3) is 0 Å². The van der Waals surface area contributed by atoms with Crippen LogP contribution in [0, 0.1) is 11.3 Å². The van der Waals surface area contributed by atoms with Crippen molar-refractivity contribution in [3.05, 3.63) is 52.3 Å². The quantitative estimate of drug-likeness (QED) is 0.906. The lowest BCUT2D eigenvalue weighted by molar-refractivity contribution is 0.102. The van der Waals surface area contributed by atoms with Gasteiger partial charge in [0.1, 0.15) is 11.8 Å². The zero-order valence-electron chi connectivity index (χ0n) is 10.6. The summed E-state index contributed by atoms with van der Waals surface area (Å²) in [5, 5.41) is 14.7. The van der Waals surface area contributed by atoms with Crippen molar-refractivity contribution in [2.45, 2.75) is 0 Å². The molecule has 1 heterocycles. The summed E-state index contributed by atoms with van der Waals surface area (Å²) in [4.78, 5) is 16.1. The molecule has 0 atom stereocenters. The van der Waals surface area contributed by atoms with E-state index in [4.69, 9.17) is 5.26 Å². The van der Waals surface area contributed by atoms with Crippen LogP contribution >= 0.6 is 15.9 Å². The van der Waals surface area contributed by atoms with E-state index >= 15 is 0 Å². The summed E-state index contributed by atoms with van der Waals surface area (Å²) in [7, 11) is 1.78. The van der Waals surface area contributed by atoms with Crippen molar-refractivity contribution in [2.75, 3.05) is 17.7 Å². The number of halogens is 1. The van der Waals surface area contributed by atoms with Gasteiger partial charge in [-0.2, -0.15) is 5.26 Å². The minimum atomic E-state index is -0.355. The second-order valence-electron chi connectivity index (χ2n) is 3.94. The van der Waals surface area contributed by atoms with E-state index in [2.05, 4.69) is 31.5 Å². The predicted octanol–water partition coefficient (Wildman–Crippen LogP) is 3.01. The Morgan fingerprint density at radius 3 is 2.75 bits per heavy atom. The molecule has 5 nitrogen and oxygen atoms in total. The van der Waals surface area contributed by atoms with Gasteiger partial charge in [0.05, 0.1) is 23.1 Å².